The maximum atomic E-state index is 8.38. The molecular formula is C13H12N2O. The number of nitrogens with zero attached hydrogens (tertiary/aromatic N) is 1. The standard InChI is InChI=1S/C13H12N2O/c16-14-10-11-6-8-13(9-7-11)15-12-4-2-1-3-5-12/h1-10,15-16H. The van der Waals surface area contributed by atoms with Gasteiger partial charge in [0, 0.05) is 11.4 Å². The van der Waals surface area contributed by atoms with Crippen molar-refractivity contribution >= 4 is 17.6 Å². The molecule has 0 radical (unpaired) electrons. The average Bonchev–Trinajstić information content (AvgIpc) is 2.33. The summed E-state index contributed by atoms with van der Waals surface area (Å²) in [6, 6.07) is 17.6. The van der Waals surface area contributed by atoms with Gasteiger partial charge < -0.3 is 10.5 Å². The van der Waals surface area contributed by atoms with Gasteiger partial charge in [0.2, 0.25) is 0 Å². The fourth-order valence-electron chi connectivity index (χ4n) is 1.41. The molecule has 0 unspecified atom stereocenters. The van der Waals surface area contributed by atoms with Gasteiger partial charge in [0.15, 0.2) is 0 Å². The molecule has 3 heteroatoms. The minimum absolute atomic E-state index is 0.862. The van der Waals surface area contributed by atoms with Crippen LogP contribution in [0.4, 0.5) is 11.4 Å². The molecule has 2 rings (SSSR count). The Morgan fingerprint density at radius 3 is 2.12 bits per heavy atom. The van der Waals surface area contributed by atoms with Crippen molar-refractivity contribution in [2.24, 2.45) is 5.16 Å². The van der Waals surface area contributed by atoms with Gasteiger partial charge in [-0.15, -0.1) is 0 Å². The topological polar surface area (TPSA) is 44.6 Å². The Labute approximate surface area is 94.0 Å². The quantitative estimate of drug-likeness (QED) is 0.466. The highest BCUT2D eigenvalue weighted by molar-refractivity contribution is 5.80. The second kappa shape index (κ2) is 4.98. The van der Waals surface area contributed by atoms with Gasteiger partial charge in [-0.3, -0.25) is 0 Å². The van der Waals surface area contributed by atoms with Crippen LogP contribution in [0.1, 0.15) is 5.56 Å². The molecule has 80 valence electrons. The summed E-state index contributed by atoms with van der Waals surface area (Å²) in [5.74, 6) is 0. The van der Waals surface area contributed by atoms with Crippen molar-refractivity contribution in [3.05, 3.63) is 60.2 Å². The number of oxime groups is 1. The maximum absolute atomic E-state index is 8.38. The average molecular weight is 212 g/mol. The number of benzene rings is 2. The van der Waals surface area contributed by atoms with Crippen LogP contribution in [-0.4, -0.2) is 11.4 Å². The van der Waals surface area contributed by atoms with Gasteiger partial charge in [-0.1, -0.05) is 35.5 Å². The van der Waals surface area contributed by atoms with Gasteiger partial charge in [-0.2, -0.15) is 0 Å². The molecule has 0 atom stereocenters. The molecule has 0 saturated heterocycles. The van der Waals surface area contributed by atoms with Crippen molar-refractivity contribution in [3.8, 4) is 0 Å². The fourth-order valence-corrected chi connectivity index (χ4v) is 1.41. The molecule has 0 spiro atoms. The lowest BCUT2D eigenvalue weighted by Crippen LogP contribution is -1.90. The van der Waals surface area contributed by atoms with Crippen molar-refractivity contribution in [3.63, 3.8) is 0 Å². The molecule has 0 aliphatic carbocycles. The summed E-state index contributed by atoms with van der Waals surface area (Å²) in [7, 11) is 0. The summed E-state index contributed by atoms with van der Waals surface area (Å²) < 4.78 is 0. The molecule has 0 aliphatic heterocycles. The van der Waals surface area contributed by atoms with Crippen LogP contribution >= 0.6 is 0 Å². The number of anilines is 2. The van der Waals surface area contributed by atoms with Crippen molar-refractivity contribution < 1.29 is 5.21 Å². The number of para-hydroxylation sites is 1. The Hall–Kier alpha value is -2.29. The van der Waals surface area contributed by atoms with E-state index in [-0.39, 0.29) is 0 Å². The van der Waals surface area contributed by atoms with Gasteiger partial charge in [0.25, 0.3) is 0 Å². The summed E-state index contributed by atoms with van der Waals surface area (Å²) >= 11 is 0. The normalized spacial score (nSPS) is 10.5. The van der Waals surface area contributed by atoms with Gasteiger partial charge >= 0.3 is 0 Å². The fraction of sp³-hybridized carbons (Fsp3) is 0. The summed E-state index contributed by atoms with van der Waals surface area (Å²) in [6.07, 6.45) is 1.40. The van der Waals surface area contributed by atoms with E-state index < -0.39 is 0 Å². The number of nitrogens with one attached hydrogen (secondary N) is 1. The van der Waals surface area contributed by atoms with E-state index in [1.807, 2.05) is 54.6 Å². The first-order valence-electron chi connectivity index (χ1n) is 4.98. The molecular weight excluding hydrogens is 200 g/mol. The first-order chi connectivity index (χ1) is 7.88. The van der Waals surface area contributed by atoms with Gasteiger partial charge in [-0.05, 0) is 29.8 Å². The second-order valence-electron chi connectivity index (χ2n) is 3.36. The van der Waals surface area contributed by atoms with E-state index in [2.05, 4.69) is 10.5 Å². The van der Waals surface area contributed by atoms with Crippen LogP contribution in [0.2, 0.25) is 0 Å². The number of hydrogen-bond acceptors (Lipinski definition) is 3. The van der Waals surface area contributed by atoms with Crippen LogP contribution in [0, 0.1) is 0 Å². The SMILES string of the molecule is ON=Cc1ccc(Nc2ccccc2)cc1. The molecule has 0 heterocycles. The van der Waals surface area contributed by atoms with E-state index in [0.717, 1.165) is 16.9 Å². The van der Waals surface area contributed by atoms with Gasteiger partial charge in [-0.25, -0.2) is 0 Å². The van der Waals surface area contributed by atoms with E-state index in [9.17, 15) is 0 Å². The molecule has 0 aliphatic rings. The molecule has 0 amide bonds. The Bertz CT molecular complexity index is 463. The van der Waals surface area contributed by atoms with Crippen LogP contribution in [0.3, 0.4) is 0 Å². The molecule has 3 nitrogen and oxygen atoms in total. The monoisotopic (exact) mass is 212 g/mol. The van der Waals surface area contributed by atoms with Crippen molar-refractivity contribution in [1.82, 2.24) is 0 Å². The maximum Gasteiger partial charge on any atom is 0.0733 e. The molecule has 0 bridgehead atoms. The van der Waals surface area contributed by atoms with Gasteiger partial charge in [0.1, 0.15) is 0 Å². The van der Waals surface area contributed by atoms with Crippen molar-refractivity contribution in [1.29, 1.82) is 0 Å². The lowest BCUT2D eigenvalue weighted by Gasteiger charge is -2.05. The predicted octanol–water partition coefficient (Wildman–Crippen LogP) is 3.24. The summed E-state index contributed by atoms with van der Waals surface area (Å²) in [5.41, 5.74) is 2.91. The highest BCUT2D eigenvalue weighted by Gasteiger charge is 1.93. The molecule has 2 aromatic rings. The van der Waals surface area contributed by atoms with Crippen molar-refractivity contribution in [2.75, 3.05) is 5.32 Å². The lowest BCUT2D eigenvalue weighted by molar-refractivity contribution is 0.322. The first-order valence-corrected chi connectivity index (χ1v) is 4.98. The first kappa shape index (κ1) is 10.2. The highest BCUT2D eigenvalue weighted by Crippen LogP contribution is 2.15. The zero-order chi connectivity index (χ0) is 11.2. The van der Waals surface area contributed by atoms with Crippen LogP contribution in [-0.2, 0) is 0 Å². The summed E-state index contributed by atoms with van der Waals surface area (Å²) in [4.78, 5) is 0. The van der Waals surface area contributed by atoms with Crippen LogP contribution < -0.4 is 5.32 Å². The Balaban J connectivity index is 2.11. The van der Waals surface area contributed by atoms with E-state index >= 15 is 0 Å². The van der Waals surface area contributed by atoms with E-state index in [1.165, 1.54) is 6.21 Å². The van der Waals surface area contributed by atoms with E-state index in [0.29, 0.717) is 0 Å². The summed E-state index contributed by atoms with van der Waals surface area (Å²) in [5, 5.41) is 14.6. The second-order valence-corrected chi connectivity index (χ2v) is 3.36. The van der Waals surface area contributed by atoms with E-state index in [1.54, 1.807) is 0 Å². The van der Waals surface area contributed by atoms with E-state index in [4.69, 9.17) is 5.21 Å². The Kier molecular flexibility index (Phi) is 3.18. The lowest BCUT2D eigenvalue weighted by atomic mass is 10.2. The number of rotatable bonds is 3. The third kappa shape index (κ3) is 2.60. The van der Waals surface area contributed by atoms with Crippen molar-refractivity contribution in [2.45, 2.75) is 0 Å². The molecule has 2 N–H and O–H groups in total. The Morgan fingerprint density at radius 2 is 1.50 bits per heavy atom. The molecule has 16 heavy (non-hydrogen) atoms. The largest absolute Gasteiger partial charge is 0.411 e. The third-order valence-electron chi connectivity index (χ3n) is 2.18. The minimum atomic E-state index is 0.862. The Morgan fingerprint density at radius 1 is 0.875 bits per heavy atom. The molecule has 0 fully saturated rings. The zero-order valence-corrected chi connectivity index (χ0v) is 8.67. The smallest absolute Gasteiger partial charge is 0.0733 e. The van der Waals surface area contributed by atoms with Crippen LogP contribution in [0.5, 0.6) is 0 Å². The molecule has 0 saturated carbocycles. The minimum Gasteiger partial charge on any atom is -0.411 e. The number of hydrogen-bond donors (Lipinski definition) is 2. The zero-order valence-electron chi connectivity index (χ0n) is 8.67. The molecule has 2 aromatic carbocycles. The highest BCUT2D eigenvalue weighted by atomic mass is 16.4. The van der Waals surface area contributed by atoms with Crippen LogP contribution in [0.25, 0.3) is 0 Å². The predicted molar refractivity (Wildman–Crippen MR) is 65.5 cm³/mol. The van der Waals surface area contributed by atoms with Crippen LogP contribution in [0.15, 0.2) is 59.8 Å². The molecule has 0 aromatic heterocycles. The third-order valence-corrected chi connectivity index (χ3v) is 2.18. The van der Waals surface area contributed by atoms with Gasteiger partial charge in [0.05, 0.1) is 6.21 Å². The summed E-state index contributed by atoms with van der Waals surface area (Å²) in [6.45, 7) is 0.